The molecular formula is C5H7N3O3. The molecule has 3 amide bonds. The number of hydrogen-bond donors (Lipinski definition) is 3. The van der Waals surface area contributed by atoms with E-state index < -0.39 is 18.1 Å². The number of ketones is 1. The lowest BCUT2D eigenvalue weighted by molar-refractivity contribution is -0.122. The minimum atomic E-state index is -0.931. The summed E-state index contributed by atoms with van der Waals surface area (Å²) in [7, 11) is 0. The van der Waals surface area contributed by atoms with Crippen LogP contribution in [0.3, 0.4) is 0 Å². The van der Waals surface area contributed by atoms with Crippen LogP contribution in [-0.4, -0.2) is 23.9 Å². The van der Waals surface area contributed by atoms with Gasteiger partial charge >= 0.3 is 6.03 Å². The summed E-state index contributed by atoms with van der Waals surface area (Å²) in [6.45, 7) is 0. The molecule has 0 aromatic rings. The Balaban J connectivity index is 2.53. The number of primary amides is 1. The van der Waals surface area contributed by atoms with E-state index in [-0.39, 0.29) is 12.2 Å². The van der Waals surface area contributed by atoms with Crippen molar-refractivity contribution < 1.29 is 14.4 Å². The van der Waals surface area contributed by atoms with E-state index in [1.807, 2.05) is 0 Å². The third kappa shape index (κ3) is 1.66. The highest BCUT2D eigenvalue weighted by Crippen LogP contribution is 1.97. The maximum absolute atomic E-state index is 10.8. The second kappa shape index (κ2) is 2.57. The normalized spacial score (nSPS) is 23.1. The SMILES string of the molecule is NC(=O)NC1NC(=O)CC1=O. The van der Waals surface area contributed by atoms with Crippen molar-refractivity contribution >= 4 is 17.7 Å². The van der Waals surface area contributed by atoms with E-state index in [0.29, 0.717) is 0 Å². The molecular weight excluding hydrogens is 150 g/mol. The van der Waals surface area contributed by atoms with E-state index in [4.69, 9.17) is 5.73 Å². The molecule has 1 fully saturated rings. The van der Waals surface area contributed by atoms with Gasteiger partial charge in [-0.15, -0.1) is 0 Å². The van der Waals surface area contributed by atoms with Crippen molar-refractivity contribution in [1.82, 2.24) is 10.6 Å². The molecule has 0 spiro atoms. The molecule has 1 aliphatic rings. The fraction of sp³-hybridized carbons (Fsp3) is 0.400. The maximum Gasteiger partial charge on any atom is 0.314 e. The zero-order valence-corrected chi connectivity index (χ0v) is 5.59. The first-order valence-corrected chi connectivity index (χ1v) is 2.97. The monoisotopic (exact) mass is 157 g/mol. The zero-order valence-electron chi connectivity index (χ0n) is 5.59. The van der Waals surface area contributed by atoms with Crippen molar-refractivity contribution in [3.8, 4) is 0 Å². The molecule has 4 N–H and O–H groups in total. The number of urea groups is 1. The predicted octanol–water partition coefficient (Wildman–Crippen LogP) is -1.93. The predicted molar refractivity (Wildman–Crippen MR) is 34.3 cm³/mol. The van der Waals surface area contributed by atoms with Gasteiger partial charge in [-0.3, -0.25) is 9.59 Å². The van der Waals surface area contributed by atoms with Crippen LogP contribution in [0.5, 0.6) is 0 Å². The minimum absolute atomic E-state index is 0.190. The average Bonchev–Trinajstić information content (AvgIpc) is 2.09. The molecule has 0 radical (unpaired) electrons. The summed E-state index contributed by atoms with van der Waals surface area (Å²) in [5, 5.41) is 4.31. The van der Waals surface area contributed by atoms with Gasteiger partial charge in [0.2, 0.25) is 5.91 Å². The van der Waals surface area contributed by atoms with Crippen LogP contribution in [0.15, 0.2) is 0 Å². The first-order valence-electron chi connectivity index (χ1n) is 2.97. The van der Waals surface area contributed by atoms with Crippen LogP contribution in [0.25, 0.3) is 0 Å². The molecule has 60 valence electrons. The molecule has 1 atom stereocenters. The van der Waals surface area contributed by atoms with Gasteiger partial charge in [-0.25, -0.2) is 4.79 Å². The van der Waals surface area contributed by atoms with Crippen molar-refractivity contribution in [2.75, 3.05) is 0 Å². The third-order valence-electron chi connectivity index (χ3n) is 1.25. The average molecular weight is 157 g/mol. The standard InChI is InChI=1S/C5H7N3O3/c6-5(11)8-4-2(9)1-3(10)7-4/h4H,1H2,(H,7,10)(H3,6,8,11). The first-order chi connectivity index (χ1) is 5.09. The lowest BCUT2D eigenvalue weighted by atomic mass is 10.3. The van der Waals surface area contributed by atoms with Gasteiger partial charge in [-0.2, -0.15) is 0 Å². The van der Waals surface area contributed by atoms with Crippen LogP contribution < -0.4 is 16.4 Å². The number of nitrogens with one attached hydrogen (secondary N) is 2. The van der Waals surface area contributed by atoms with E-state index in [1.54, 1.807) is 0 Å². The molecule has 1 unspecified atom stereocenters. The Hall–Kier alpha value is -1.59. The summed E-state index contributed by atoms with van der Waals surface area (Å²) < 4.78 is 0. The van der Waals surface area contributed by atoms with E-state index in [1.165, 1.54) is 0 Å². The van der Waals surface area contributed by atoms with E-state index in [9.17, 15) is 14.4 Å². The number of carbonyl (C=O) groups is 3. The summed E-state index contributed by atoms with van der Waals surface area (Å²) >= 11 is 0. The van der Waals surface area contributed by atoms with Gasteiger partial charge in [0.05, 0.1) is 6.42 Å². The molecule has 11 heavy (non-hydrogen) atoms. The Kier molecular flexibility index (Phi) is 1.75. The Morgan fingerprint density at radius 2 is 2.27 bits per heavy atom. The molecule has 1 heterocycles. The van der Waals surface area contributed by atoms with Gasteiger partial charge in [0, 0.05) is 0 Å². The van der Waals surface area contributed by atoms with Crippen molar-refractivity contribution in [1.29, 1.82) is 0 Å². The number of nitrogens with two attached hydrogens (primary N) is 1. The van der Waals surface area contributed by atoms with Gasteiger partial charge in [0.1, 0.15) is 0 Å². The molecule has 1 rings (SSSR count). The lowest BCUT2D eigenvalue weighted by Crippen LogP contribution is -2.48. The molecule has 0 aromatic heterocycles. The van der Waals surface area contributed by atoms with Crippen molar-refractivity contribution in [2.24, 2.45) is 5.73 Å². The molecule has 0 saturated carbocycles. The Morgan fingerprint density at radius 3 is 2.64 bits per heavy atom. The summed E-state index contributed by atoms with van der Waals surface area (Å²) in [4.78, 5) is 31.5. The maximum atomic E-state index is 10.8. The highest BCUT2D eigenvalue weighted by Gasteiger charge is 2.30. The molecule has 1 saturated heterocycles. The molecule has 0 aliphatic carbocycles. The second-order valence-corrected chi connectivity index (χ2v) is 2.15. The molecule has 0 bridgehead atoms. The molecule has 1 aliphatic heterocycles. The number of amides is 3. The van der Waals surface area contributed by atoms with Crippen LogP contribution in [0.2, 0.25) is 0 Å². The van der Waals surface area contributed by atoms with Crippen LogP contribution in [-0.2, 0) is 9.59 Å². The quantitative estimate of drug-likeness (QED) is 0.386. The number of Topliss-reactive ketones (excluding diaryl/α,β-unsaturated/α-hetero) is 1. The number of rotatable bonds is 1. The van der Waals surface area contributed by atoms with Gasteiger partial charge in [0.15, 0.2) is 11.9 Å². The second-order valence-electron chi connectivity index (χ2n) is 2.15. The van der Waals surface area contributed by atoms with E-state index >= 15 is 0 Å². The van der Waals surface area contributed by atoms with Crippen molar-refractivity contribution in [3.63, 3.8) is 0 Å². The molecule has 6 heteroatoms. The minimum Gasteiger partial charge on any atom is -0.352 e. The lowest BCUT2D eigenvalue weighted by Gasteiger charge is -2.07. The molecule has 6 nitrogen and oxygen atoms in total. The van der Waals surface area contributed by atoms with Gasteiger partial charge in [-0.05, 0) is 0 Å². The van der Waals surface area contributed by atoms with Crippen LogP contribution in [0, 0.1) is 0 Å². The number of carbonyl (C=O) groups excluding carboxylic acids is 3. The topological polar surface area (TPSA) is 101 Å². The van der Waals surface area contributed by atoms with E-state index in [0.717, 1.165) is 0 Å². The smallest absolute Gasteiger partial charge is 0.314 e. The van der Waals surface area contributed by atoms with Crippen LogP contribution >= 0.6 is 0 Å². The highest BCUT2D eigenvalue weighted by molar-refractivity contribution is 6.08. The fourth-order valence-corrected chi connectivity index (χ4v) is 0.812. The third-order valence-corrected chi connectivity index (χ3v) is 1.25. The van der Waals surface area contributed by atoms with Gasteiger partial charge in [-0.1, -0.05) is 0 Å². The highest BCUT2D eigenvalue weighted by atomic mass is 16.2. The van der Waals surface area contributed by atoms with Gasteiger partial charge < -0.3 is 16.4 Å². The van der Waals surface area contributed by atoms with Crippen LogP contribution in [0.4, 0.5) is 4.79 Å². The van der Waals surface area contributed by atoms with E-state index in [2.05, 4.69) is 10.6 Å². The summed E-state index contributed by atoms with van der Waals surface area (Å²) in [6, 6.07) is -0.828. The summed E-state index contributed by atoms with van der Waals surface area (Å²) in [5.41, 5.74) is 4.73. The Morgan fingerprint density at radius 1 is 1.64 bits per heavy atom. The summed E-state index contributed by atoms with van der Waals surface area (Å²) in [5.74, 6) is -0.762. The van der Waals surface area contributed by atoms with Crippen molar-refractivity contribution in [2.45, 2.75) is 12.6 Å². The largest absolute Gasteiger partial charge is 0.352 e. The Labute approximate surface area is 62.1 Å². The fourth-order valence-electron chi connectivity index (χ4n) is 0.812. The first kappa shape index (κ1) is 7.52. The number of hydrogen-bond acceptors (Lipinski definition) is 3. The van der Waals surface area contributed by atoms with Gasteiger partial charge in [0.25, 0.3) is 0 Å². The zero-order chi connectivity index (χ0) is 8.43. The molecule has 0 aromatic carbocycles. The Bertz CT molecular complexity index is 225. The van der Waals surface area contributed by atoms with Crippen molar-refractivity contribution in [3.05, 3.63) is 0 Å². The van der Waals surface area contributed by atoms with Crippen LogP contribution in [0.1, 0.15) is 6.42 Å². The summed E-state index contributed by atoms with van der Waals surface area (Å²) in [6.07, 6.45) is -1.12.